The van der Waals surface area contributed by atoms with Crippen molar-refractivity contribution in [1.29, 1.82) is 0 Å². The number of carbonyl (C=O) groups is 2. The highest BCUT2D eigenvalue weighted by molar-refractivity contribution is 7.45. The van der Waals surface area contributed by atoms with E-state index in [4.69, 9.17) is 18.5 Å². The first-order chi connectivity index (χ1) is 41.5. The third kappa shape index (κ3) is 70.4. The Morgan fingerprint density at radius 1 is 0.376 bits per heavy atom. The lowest BCUT2D eigenvalue weighted by atomic mass is 10.0. The van der Waals surface area contributed by atoms with Crippen LogP contribution >= 0.6 is 7.82 Å². The van der Waals surface area contributed by atoms with Gasteiger partial charge in [0.25, 0.3) is 7.82 Å². The van der Waals surface area contributed by atoms with Crippen molar-refractivity contribution in [3.63, 3.8) is 0 Å². The van der Waals surface area contributed by atoms with Crippen molar-refractivity contribution < 1.29 is 42.1 Å². The number of likely N-dealkylation sites (N-methyl/N-ethyl adjacent to an activating group) is 1. The lowest BCUT2D eigenvalue weighted by molar-refractivity contribution is -0.870. The number of nitrogens with zero attached hydrogens (tertiary/aromatic N) is 1. The standard InChI is InChI=1S/C75H138NO8P/c1-6-8-10-12-14-16-18-20-22-24-26-28-30-32-34-35-36-37-38-39-40-42-43-45-47-49-51-53-55-57-59-61-63-65-67-74(77)81-71-73(72-83-85(79,80)82-70-69-76(3,4)5)84-75(78)68-66-64-62-60-58-56-54-52-50-48-46-44-41-33-31-29-27-25-23-21-19-17-15-13-11-9-7-2/h9,11,15,17,21,23,27,29,33,41,46,48,73H,6-8,10,12-14,16,18-20,22,24-26,28,30-32,34-40,42-45,47,49-72H2,1-5H3/b11-9-,17-15-,23-21-,29-27-,41-33-,48-46-. The minimum absolute atomic E-state index is 0.0339. The molecule has 0 aliphatic heterocycles. The van der Waals surface area contributed by atoms with Crippen LogP contribution in [0.5, 0.6) is 0 Å². The number of hydrogen-bond acceptors (Lipinski definition) is 8. The van der Waals surface area contributed by atoms with Crippen LogP contribution in [0.3, 0.4) is 0 Å². The Morgan fingerprint density at radius 3 is 1.00 bits per heavy atom. The maximum atomic E-state index is 12.9. The Balaban J connectivity index is 4.00. The number of ether oxygens (including phenoxy) is 2. The summed E-state index contributed by atoms with van der Waals surface area (Å²) in [6, 6.07) is 0. The van der Waals surface area contributed by atoms with Crippen molar-refractivity contribution in [2.45, 2.75) is 347 Å². The molecule has 0 N–H and O–H groups in total. The highest BCUT2D eigenvalue weighted by atomic mass is 31.2. The lowest BCUT2D eigenvalue weighted by Gasteiger charge is -2.28. The summed E-state index contributed by atoms with van der Waals surface area (Å²) in [5, 5.41) is 0. The Kier molecular flexibility index (Phi) is 63.9. The number of esters is 2. The monoisotopic (exact) mass is 1210 g/mol. The van der Waals surface area contributed by atoms with Crippen LogP contribution in [0.25, 0.3) is 0 Å². The number of phosphoric ester groups is 1. The molecule has 85 heavy (non-hydrogen) atoms. The summed E-state index contributed by atoms with van der Waals surface area (Å²) in [5.74, 6) is -0.831. The van der Waals surface area contributed by atoms with Gasteiger partial charge in [-0.15, -0.1) is 0 Å². The van der Waals surface area contributed by atoms with Crippen LogP contribution in [-0.4, -0.2) is 70.0 Å². The van der Waals surface area contributed by atoms with Gasteiger partial charge in [0.05, 0.1) is 27.7 Å². The maximum Gasteiger partial charge on any atom is 0.306 e. The lowest BCUT2D eigenvalue weighted by Crippen LogP contribution is -2.37. The van der Waals surface area contributed by atoms with Crippen LogP contribution in [0.1, 0.15) is 341 Å². The van der Waals surface area contributed by atoms with Crippen molar-refractivity contribution in [2.24, 2.45) is 0 Å². The van der Waals surface area contributed by atoms with Gasteiger partial charge in [-0.1, -0.05) is 337 Å². The third-order valence-corrected chi connectivity index (χ3v) is 17.0. The molecule has 0 saturated heterocycles. The van der Waals surface area contributed by atoms with Crippen molar-refractivity contribution >= 4 is 19.8 Å². The molecule has 0 saturated carbocycles. The van der Waals surface area contributed by atoms with Gasteiger partial charge >= 0.3 is 11.9 Å². The van der Waals surface area contributed by atoms with Crippen molar-refractivity contribution in [1.82, 2.24) is 0 Å². The first kappa shape index (κ1) is 82.5. The fourth-order valence-corrected chi connectivity index (χ4v) is 11.2. The zero-order valence-electron chi connectivity index (χ0n) is 56.6. The topological polar surface area (TPSA) is 111 Å². The molecule has 0 fully saturated rings. The van der Waals surface area contributed by atoms with E-state index in [1.807, 2.05) is 21.1 Å². The fraction of sp³-hybridized carbons (Fsp3) is 0.813. The zero-order chi connectivity index (χ0) is 61.9. The third-order valence-electron chi connectivity index (χ3n) is 16.0. The summed E-state index contributed by atoms with van der Waals surface area (Å²) in [7, 11) is 1.17. The van der Waals surface area contributed by atoms with Crippen molar-refractivity contribution in [3.05, 3.63) is 72.9 Å². The number of quaternary nitrogens is 1. The van der Waals surface area contributed by atoms with E-state index in [1.54, 1.807) is 0 Å². The van der Waals surface area contributed by atoms with E-state index in [0.29, 0.717) is 17.4 Å². The second-order valence-electron chi connectivity index (χ2n) is 25.6. The average Bonchev–Trinajstić information content (AvgIpc) is 3.52. The number of phosphoric acid groups is 1. The van der Waals surface area contributed by atoms with Crippen LogP contribution in [0.15, 0.2) is 72.9 Å². The van der Waals surface area contributed by atoms with Crippen molar-refractivity contribution in [3.8, 4) is 0 Å². The van der Waals surface area contributed by atoms with Crippen molar-refractivity contribution in [2.75, 3.05) is 47.5 Å². The molecule has 0 aromatic heterocycles. The molecule has 2 unspecified atom stereocenters. The fourth-order valence-electron chi connectivity index (χ4n) is 10.5. The number of rotatable bonds is 67. The molecular weight excluding hydrogens is 1070 g/mol. The van der Waals surface area contributed by atoms with E-state index < -0.39 is 26.5 Å². The molecule has 0 rings (SSSR count). The molecule has 0 heterocycles. The molecular formula is C75H138NO8P. The molecule has 10 heteroatoms. The predicted octanol–water partition coefficient (Wildman–Crippen LogP) is 22.9. The number of unbranched alkanes of at least 4 members (excludes halogenated alkanes) is 41. The minimum atomic E-state index is -4.65. The van der Waals surface area contributed by atoms with Crippen LogP contribution in [0.4, 0.5) is 0 Å². The Labute approximate surface area is 527 Å². The van der Waals surface area contributed by atoms with E-state index in [9.17, 15) is 19.0 Å². The molecule has 496 valence electrons. The summed E-state index contributed by atoms with van der Waals surface area (Å²) in [6.45, 7) is 4.16. The van der Waals surface area contributed by atoms with Gasteiger partial charge < -0.3 is 27.9 Å². The number of hydrogen-bond donors (Lipinski definition) is 0. The van der Waals surface area contributed by atoms with Crippen LogP contribution in [0, 0.1) is 0 Å². The molecule has 0 aliphatic carbocycles. The van der Waals surface area contributed by atoms with E-state index in [1.165, 1.54) is 225 Å². The predicted molar refractivity (Wildman–Crippen MR) is 365 cm³/mol. The highest BCUT2D eigenvalue weighted by Crippen LogP contribution is 2.38. The molecule has 0 aliphatic rings. The summed E-state index contributed by atoms with van der Waals surface area (Å²) < 4.78 is 34.3. The van der Waals surface area contributed by atoms with Gasteiger partial charge in [-0.25, -0.2) is 0 Å². The summed E-state index contributed by atoms with van der Waals surface area (Å²) in [4.78, 5) is 38.1. The van der Waals surface area contributed by atoms with E-state index in [2.05, 4.69) is 86.8 Å². The van der Waals surface area contributed by atoms with Gasteiger partial charge in [-0.3, -0.25) is 14.2 Å². The van der Waals surface area contributed by atoms with Gasteiger partial charge in [-0.05, 0) is 64.2 Å². The van der Waals surface area contributed by atoms with Gasteiger partial charge in [0, 0.05) is 12.8 Å². The second-order valence-corrected chi connectivity index (χ2v) is 27.0. The van der Waals surface area contributed by atoms with Crippen LogP contribution in [-0.2, 0) is 32.7 Å². The zero-order valence-corrected chi connectivity index (χ0v) is 57.5. The van der Waals surface area contributed by atoms with Gasteiger partial charge in [0.15, 0.2) is 6.10 Å². The Bertz CT molecular complexity index is 1660. The molecule has 0 amide bonds. The van der Waals surface area contributed by atoms with Gasteiger partial charge in [0.1, 0.15) is 19.8 Å². The molecule has 9 nitrogen and oxygen atoms in total. The van der Waals surface area contributed by atoms with Gasteiger partial charge in [0.2, 0.25) is 0 Å². The second kappa shape index (κ2) is 65.9. The van der Waals surface area contributed by atoms with Crippen LogP contribution < -0.4 is 4.89 Å². The summed E-state index contributed by atoms with van der Waals surface area (Å²) in [5.41, 5.74) is 0. The van der Waals surface area contributed by atoms with E-state index in [-0.39, 0.29) is 32.0 Å². The molecule has 0 spiro atoms. The average molecular weight is 1210 g/mol. The highest BCUT2D eigenvalue weighted by Gasteiger charge is 2.22. The first-order valence-electron chi connectivity index (χ1n) is 36.1. The minimum Gasteiger partial charge on any atom is -0.756 e. The molecule has 0 radical (unpaired) electrons. The Hall–Kier alpha value is -2.55. The first-order valence-corrected chi connectivity index (χ1v) is 37.6. The molecule has 0 aromatic carbocycles. The molecule has 2 atom stereocenters. The molecule has 0 bridgehead atoms. The van der Waals surface area contributed by atoms with Crippen LogP contribution in [0.2, 0.25) is 0 Å². The SMILES string of the molecule is CC/C=C\C/C=C\C/C=C\C/C=C\C/C=C\C/C=C\CCCCCCCCCCC(=O)OC(COC(=O)CCCCCCCCCCCCCCCCCCCCCCCCCCCCCCCCCCCC)COP(=O)([O-])OCC[N+](C)(C)C. The summed E-state index contributed by atoms with van der Waals surface area (Å²) in [6.07, 6.45) is 88.6. The Morgan fingerprint density at radius 2 is 0.671 bits per heavy atom. The number of allylic oxidation sites excluding steroid dienone is 12. The largest absolute Gasteiger partial charge is 0.756 e. The molecule has 0 aromatic rings. The summed E-state index contributed by atoms with van der Waals surface area (Å²) >= 11 is 0. The maximum absolute atomic E-state index is 12.9. The van der Waals surface area contributed by atoms with E-state index >= 15 is 0 Å². The van der Waals surface area contributed by atoms with E-state index in [0.717, 1.165) is 83.5 Å². The smallest absolute Gasteiger partial charge is 0.306 e. The quantitative estimate of drug-likeness (QED) is 0.0195. The van der Waals surface area contributed by atoms with Gasteiger partial charge in [-0.2, -0.15) is 0 Å². The number of carbonyl (C=O) groups excluding carboxylic acids is 2. The normalized spacial score (nSPS) is 13.5.